The molecule has 0 spiro atoms. The Labute approximate surface area is 226 Å². The van der Waals surface area contributed by atoms with Crippen molar-refractivity contribution in [2.24, 2.45) is 10.1 Å². The van der Waals surface area contributed by atoms with Gasteiger partial charge < -0.3 is 0 Å². The number of nitrogens with zero attached hydrogens (tertiary/aromatic N) is 3. The van der Waals surface area contributed by atoms with Crippen LogP contribution in [0.25, 0.3) is 22.4 Å². The summed E-state index contributed by atoms with van der Waals surface area (Å²) in [6.07, 6.45) is 4.33. The van der Waals surface area contributed by atoms with Crippen molar-refractivity contribution in [1.29, 1.82) is 0 Å². The van der Waals surface area contributed by atoms with Gasteiger partial charge in [-0.15, -0.1) is 11.3 Å². The number of hydrogen-bond donors (Lipinski definition) is 0. The summed E-state index contributed by atoms with van der Waals surface area (Å²) in [4.78, 5) is 5.74. The van der Waals surface area contributed by atoms with E-state index < -0.39 is 0 Å². The Morgan fingerprint density at radius 1 is 0.676 bits per heavy atom. The molecule has 0 radical (unpaired) electrons. The Kier molecular flexibility index (Phi) is 6.85. The van der Waals surface area contributed by atoms with Crippen LogP contribution >= 0.6 is 22.9 Å². The number of benzene rings is 4. The van der Waals surface area contributed by atoms with E-state index >= 15 is 0 Å². The summed E-state index contributed by atoms with van der Waals surface area (Å²) in [6.45, 7) is 0. The lowest BCUT2D eigenvalue weighted by Crippen LogP contribution is -2.15. The van der Waals surface area contributed by atoms with Crippen LogP contribution in [0.3, 0.4) is 0 Å². The van der Waals surface area contributed by atoms with Gasteiger partial charge in [0.25, 0.3) is 0 Å². The zero-order valence-electron chi connectivity index (χ0n) is 20.3. The Bertz CT molecular complexity index is 1630. The lowest BCUT2D eigenvalue weighted by molar-refractivity contribution is 0.768. The van der Waals surface area contributed by atoms with Gasteiger partial charge in [-0.25, -0.2) is 9.67 Å². The van der Waals surface area contributed by atoms with Gasteiger partial charge in [0.1, 0.15) is 0 Å². The summed E-state index contributed by atoms with van der Waals surface area (Å²) >= 11 is 8.05. The molecule has 5 aromatic rings. The highest BCUT2D eigenvalue weighted by Gasteiger charge is 2.16. The molecule has 0 atom stereocenters. The van der Waals surface area contributed by atoms with Crippen LogP contribution in [0, 0.1) is 0 Å². The van der Waals surface area contributed by atoms with Gasteiger partial charge in [0.05, 0.1) is 22.1 Å². The van der Waals surface area contributed by atoms with Crippen LogP contribution in [0.2, 0.25) is 5.02 Å². The maximum Gasteiger partial charge on any atom is 0.211 e. The maximum absolute atomic E-state index is 6.47. The summed E-state index contributed by atoms with van der Waals surface area (Å²) in [5, 5.41) is 8.04. The molecule has 0 aliphatic heterocycles. The number of para-hydroxylation sites is 1. The fourth-order valence-corrected chi connectivity index (χ4v) is 5.79. The molecule has 3 nitrogen and oxygen atoms in total. The van der Waals surface area contributed by atoms with Crippen LogP contribution < -0.4 is 4.80 Å². The van der Waals surface area contributed by atoms with Crippen LogP contribution in [0.4, 0.5) is 5.69 Å². The molecule has 0 N–H and O–H groups in total. The molecule has 4 aromatic carbocycles. The second kappa shape index (κ2) is 10.7. The highest BCUT2D eigenvalue weighted by molar-refractivity contribution is 7.07. The molecule has 182 valence electrons. The summed E-state index contributed by atoms with van der Waals surface area (Å²) in [5.74, 6) is 0. The molecule has 0 unspecified atom stereocenters. The van der Waals surface area contributed by atoms with Crippen molar-refractivity contribution in [2.45, 2.75) is 25.7 Å². The molecule has 0 bridgehead atoms. The first-order valence-electron chi connectivity index (χ1n) is 12.6. The van der Waals surface area contributed by atoms with Crippen LogP contribution in [0.5, 0.6) is 0 Å². The molecule has 1 heterocycles. The number of fused-ring (bicyclic) bond motifs is 1. The third-order valence-corrected chi connectivity index (χ3v) is 7.84. The second-order valence-corrected chi connectivity index (χ2v) is 10.4. The van der Waals surface area contributed by atoms with E-state index in [-0.39, 0.29) is 0 Å². The molecule has 0 fully saturated rings. The van der Waals surface area contributed by atoms with Gasteiger partial charge in [-0.2, -0.15) is 5.10 Å². The third kappa shape index (κ3) is 5.08. The predicted molar refractivity (Wildman–Crippen MR) is 156 cm³/mol. The van der Waals surface area contributed by atoms with Gasteiger partial charge in [0.2, 0.25) is 4.80 Å². The van der Waals surface area contributed by atoms with Crippen molar-refractivity contribution >= 4 is 34.3 Å². The normalized spacial score (nSPS) is 14.9. The largest absolute Gasteiger partial charge is 0.218 e. The standard InChI is InChI=1S/C32H26ClN3S/c33-28-15-7-9-17-30(28)34-32-36(35-29-16-8-5-13-25-12-4-6-14-27(25)29)31(22-37-32)26-20-18-24(19-21-26)23-10-2-1-3-11-23/h1-4,6-7,9-12,14-15,17-22H,5,8,13,16H2/b34-32?,35-29+. The molecule has 0 amide bonds. The van der Waals surface area contributed by atoms with Gasteiger partial charge in [-0.1, -0.05) is 103 Å². The van der Waals surface area contributed by atoms with E-state index in [0.29, 0.717) is 5.02 Å². The first-order valence-corrected chi connectivity index (χ1v) is 13.8. The number of hydrogen-bond acceptors (Lipinski definition) is 3. The third-order valence-electron chi connectivity index (χ3n) is 6.70. The van der Waals surface area contributed by atoms with E-state index in [9.17, 15) is 0 Å². The SMILES string of the molecule is Clc1ccccc1N=c1scc(-c2ccc(-c3ccccc3)cc2)n1/N=C1\CCCCc2ccccc21. The molecule has 6 rings (SSSR count). The van der Waals surface area contributed by atoms with Gasteiger partial charge in [-0.3, -0.25) is 0 Å². The molecule has 5 heteroatoms. The highest BCUT2D eigenvalue weighted by atomic mass is 35.5. The van der Waals surface area contributed by atoms with E-state index in [0.717, 1.165) is 46.7 Å². The van der Waals surface area contributed by atoms with E-state index in [1.54, 1.807) is 11.3 Å². The van der Waals surface area contributed by atoms with Gasteiger partial charge in [-0.05, 0) is 54.5 Å². The fraction of sp³-hybridized carbons (Fsp3) is 0.125. The number of rotatable bonds is 4. The summed E-state index contributed by atoms with van der Waals surface area (Å²) in [7, 11) is 0. The predicted octanol–water partition coefficient (Wildman–Crippen LogP) is 8.75. The van der Waals surface area contributed by atoms with Gasteiger partial charge in [0.15, 0.2) is 0 Å². The lowest BCUT2D eigenvalue weighted by atomic mass is 10.0. The monoisotopic (exact) mass is 519 g/mol. The van der Waals surface area contributed by atoms with Crippen LogP contribution in [0.15, 0.2) is 119 Å². The second-order valence-electron chi connectivity index (χ2n) is 9.13. The van der Waals surface area contributed by atoms with E-state index in [2.05, 4.69) is 78.2 Å². The number of aryl methyl sites for hydroxylation is 1. The number of aromatic nitrogens is 1. The van der Waals surface area contributed by atoms with Crippen LogP contribution in [0.1, 0.15) is 30.4 Å². The number of thiazole rings is 1. The van der Waals surface area contributed by atoms with Gasteiger partial charge >= 0.3 is 0 Å². The Morgan fingerprint density at radius 2 is 1.35 bits per heavy atom. The van der Waals surface area contributed by atoms with Crippen molar-refractivity contribution in [3.05, 3.63) is 129 Å². The van der Waals surface area contributed by atoms with E-state index in [1.165, 1.54) is 28.7 Å². The highest BCUT2D eigenvalue weighted by Crippen LogP contribution is 2.28. The Hall–Kier alpha value is -3.73. The van der Waals surface area contributed by atoms with Crippen molar-refractivity contribution in [2.75, 3.05) is 0 Å². The lowest BCUT2D eigenvalue weighted by Gasteiger charge is -2.10. The number of halogens is 1. The molecule has 1 aliphatic carbocycles. The van der Waals surface area contributed by atoms with Crippen molar-refractivity contribution in [1.82, 2.24) is 4.68 Å². The minimum atomic E-state index is 0.628. The van der Waals surface area contributed by atoms with E-state index in [4.69, 9.17) is 21.7 Å². The van der Waals surface area contributed by atoms with Crippen molar-refractivity contribution < 1.29 is 0 Å². The first kappa shape index (κ1) is 23.7. The molecule has 1 aliphatic rings. The molecule has 37 heavy (non-hydrogen) atoms. The molecule has 0 saturated carbocycles. The topological polar surface area (TPSA) is 29.6 Å². The minimum Gasteiger partial charge on any atom is -0.218 e. The summed E-state index contributed by atoms with van der Waals surface area (Å²) in [6, 6.07) is 35.5. The molecular formula is C32H26ClN3S. The van der Waals surface area contributed by atoms with Crippen LogP contribution in [-0.4, -0.2) is 10.4 Å². The first-order chi connectivity index (χ1) is 18.3. The molecule has 1 aromatic heterocycles. The van der Waals surface area contributed by atoms with Crippen molar-refractivity contribution in [3.8, 4) is 22.4 Å². The van der Waals surface area contributed by atoms with Gasteiger partial charge in [0, 0.05) is 16.5 Å². The average Bonchev–Trinajstić information content (AvgIpc) is 3.22. The zero-order chi connectivity index (χ0) is 25.0. The van der Waals surface area contributed by atoms with Crippen molar-refractivity contribution in [3.63, 3.8) is 0 Å². The zero-order valence-corrected chi connectivity index (χ0v) is 21.9. The Balaban J connectivity index is 1.51. The summed E-state index contributed by atoms with van der Waals surface area (Å²) < 4.78 is 2.00. The van der Waals surface area contributed by atoms with E-state index in [1.807, 2.05) is 35.0 Å². The maximum atomic E-state index is 6.47. The summed E-state index contributed by atoms with van der Waals surface area (Å²) in [5.41, 5.74) is 8.97. The average molecular weight is 520 g/mol. The Morgan fingerprint density at radius 3 is 2.19 bits per heavy atom. The fourth-order valence-electron chi connectivity index (χ4n) is 4.77. The smallest absolute Gasteiger partial charge is 0.211 e. The molecule has 0 saturated heterocycles. The molecular weight excluding hydrogens is 494 g/mol. The van der Waals surface area contributed by atoms with Crippen LogP contribution in [-0.2, 0) is 6.42 Å². The quantitative estimate of drug-likeness (QED) is 0.212. The minimum absolute atomic E-state index is 0.628.